The van der Waals surface area contributed by atoms with Gasteiger partial charge in [-0.2, -0.15) is 0 Å². The second-order valence-corrected chi connectivity index (χ2v) is 8.05. The molecule has 0 amide bonds. The number of alkyl halides is 2. The van der Waals surface area contributed by atoms with Crippen molar-refractivity contribution < 1.29 is 33.1 Å². The number of rotatable bonds is 10. The number of nitro benzene ring substituents is 1. The zero-order valence-corrected chi connectivity index (χ0v) is 16.4. The third-order valence-corrected chi connectivity index (χ3v) is 6.17. The van der Waals surface area contributed by atoms with Crippen LogP contribution in [-0.4, -0.2) is 56.9 Å². The fourth-order valence-corrected chi connectivity index (χ4v) is 4.92. The normalized spacial score (nSPS) is 13.3. The number of benzene rings is 1. The maximum atomic E-state index is 12.4. The smallest absolute Gasteiger partial charge is 0.469 e. The molecule has 0 aromatic heterocycles. The quantitative estimate of drug-likeness (QED) is 0.192. The molecule has 0 radical (unpaired) electrons. The number of nitro groups is 1. The van der Waals surface area contributed by atoms with Crippen molar-refractivity contribution in [2.45, 2.75) is 12.5 Å². The number of non-ortho nitro benzene ring substituents is 1. The van der Waals surface area contributed by atoms with Crippen LogP contribution in [-0.2, 0) is 14.1 Å². The summed E-state index contributed by atoms with van der Waals surface area (Å²) in [6, 6.07) is 4.08. The van der Waals surface area contributed by atoms with Gasteiger partial charge in [0, 0.05) is 17.7 Å². The lowest BCUT2D eigenvalue weighted by atomic mass is 10.0. The van der Waals surface area contributed by atoms with Gasteiger partial charge in [0.2, 0.25) is 0 Å². The molecule has 0 saturated heterocycles. The lowest BCUT2D eigenvalue weighted by Gasteiger charge is -2.43. The summed E-state index contributed by atoms with van der Waals surface area (Å²) >= 11 is 11.6. The molecule has 1 unspecified atom stereocenters. The fraction of sp³-hybridized carbons (Fsp3) is 0.500. The summed E-state index contributed by atoms with van der Waals surface area (Å²) in [6.07, 6.45) is -0.354. The Labute approximate surface area is 160 Å². The predicted octanol–water partition coefficient (Wildman–Crippen LogP) is 2.59. The Kier molecular flexibility index (Phi) is 8.46. The Balaban J connectivity index is 3.55. The standard InChI is InChI=1S/C14H19Cl2N2O7P/c1-25-14(19)10-13(11-2-4-12(5-3-11)17(20)21)18(8-6-15,9-7-16)26(22,23)24/h2-5,13H,6-10H2,1H3,(H-,22,23,24)/p+1. The minimum absolute atomic E-state index is 0.0906. The number of carbonyl (C=O) groups is 1. The molecule has 0 fully saturated rings. The van der Waals surface area contributed by atoms with Gasteiger partial charge in [-0.15, -0.1) is 23.2 Å². The highest BCUT2D eigenvalue weighted by Crippen LogP contribution is 2.55. The van der Waals surface area contributed by atoms with E-state index in [1.807, 2.05) is 0 Å². The van der Waals surface area contributed by atoms with Crippen molar-refractivity contribution in [3.05, 3.63) is 39.9 Å². The summed E-state index contributed by atoms with van der Waals surface area (Å²) in [7, 11) is -3.67. The van der Waals surface area contributed by atoms with Crippen molar-refractivity contribution in [3.8, 4) is 0 Å². The van der Waals surface area contributed by atoms with E-state index >= 15 is 0 Å². The molecule has 0 aliphatic rings. The second kappa shape index (κ2) is 9.64. The number of ether oxygens (including phenoxy) is 1. The first kappa shape index (κ1) is 22.8. The van der Waals surface area contributed by atoms with Crippen molar-refractivity contribution in [3.63, 3.8) is 0 Å². The van der Waals surface area contributed by atoms with E-state index in [1.165, 1.54) is 24.3 Å². The van der Waals surface area contributed by atoms with Crippen LogP contribution in [0.2, 0.25) is 0 Å². The van der Waals surface area contributed by atoms with Crippen molar-refractivity contribution in [1.82, 2.24) is 0 Å². The molecule has 1 rings (SSSR count). The van der Waals surface area contributed by atoms with Gasteiger partial charge in [-0.05, 0) is 12.1 Å². The number of quaternary nitrogens is 1. The molecule has 12 heteroatoms. The van der Waals surface area contributed by atoms with Crippen molar-refractivity contribution in [1.29, 1.82) is 0 Å². The Morgan fingerprint density at radius 2 is 1.77 bits per heavy atom. The lowest BCUT2D eigenvalue weighted by Crippen LogP contribution is -2.50. The van der Waals surface area contributed by atoms with Gasteiger partial charge in [-0.25, -0.2) is 8.82 Å². The predicted molar refractivity (Wildman–Crippen MR) is 95.9 cm³/mol. The minimum atomic E-state index is -4.83. The van der Waals surface area contributed by atoms with E-state index in [-0.39, 0.29) is 37.0 Å². The van der Waals surface area contributed by atoms with Gasteiger partial charge in [0.1, 0.15) is 12.5 Å². The van der Waals surface area contributed by atoms with Crippen LogP contribution in [0, 0.1) is 10.1 Å². The molecule has 0 heterocycles. The lowest BCUT2D eigenvalue weighted by molar-refractivity contribution is -0.851. The van der Waals surface area contributed by atoms with E-state index in [4.69, 9.17) is 23.2 Å². The van der Waals surface area contributed by atoms with Crippen LogP contribution in [0.5, 0.6) is 0 Å². The van der Waals surface area contributed by atoms with E-state index < -0.39 is 28.9 Å². The summed E-state index contributed by atoms with van der Waals surface area (Å²) < 4.78 is 16.2. The molecular weight excluding hydrogens is 410 g/mol. The monoisotopic (exact) mass is 429 g/mol. The maximum absolute atomic E-state index is 12.4. The first-order chi connectivity index (χ1) is 12.1. The summed E-state index contributed by atoms with van der Waals surface area (Å²) in [5, 5.41) is 10.8. The van der Waals surface area contributed by atoms with Crippen LogP contribution in [0.4, 0.5) is 5.69 Å². The Morgan fingerprint density at radius 3 is 2.12 bits per heavy atom. The Hall–Kier alpha value is -1.22. The number of hydrogen-bond donors (Lipinski definition) is 2. The number of nitrogens with zero attached hydrogens (tertiary/aromatic N) is 2. The number of carbonyl (C=O) groups excluding carboxylic acids is 1. The molecule has 9 nitrogen and oxygen atoms in total. The van der Waals surface area contributed by atoms with E-state index in [0.29, 0.717) is 5.56 Å². The number of esters is 1. The topological polar surface area (TPSA) is 127 Å². The summed E-state index contributed by atoms with van der Waals surface area (Å²) in [5.41, 5.74) is 0.147. The van der Waals surface area contributed by atoms with Gasteiger partial charge in [-0.3, -0.25) is 24.7 Å². The molecule has 2 N–H and O–H groups in total. The van der Waals surface area contributed by atoms with E-state index in [2.05, 4.69) is 4.74 Å². The van der Waals surface area contributed by atoms with Crippen LogP contribution in [0.3, 0.4) is 0 Å². The van der Waals surface area contributed by atoms with E-state index in [0.717, 1.165) is 7.11 Å². The van der Waals surface area contributed by atoms with E-state index in [1.54, 1.807) is 0 Å². The summed E-state index contributed by atoms with van der Waals surface area (Å²) in [6.45, 7) is -0.311. The highest BCUT2D eigenvalue weighted by molar-refractivity contribution is 7.45. The Morgan fingerprint density at radius 1 is 1.27 bits per heavy atom. The molecule has 0 bridgehead atoms. The SMILES string of the molecule is COC(=O)CC(c1ccc([N+](=O)[O-])cc1)[N+](CCCl)(CCCl)P(=O)(O)O. The van der Waals surface area contributed by atoms with Gasteiger partial charge in [-0.1, -0.05) is 0 Å². The molecule has 146 valence electrons. The number of methoxy groups -OCH3 is 1. The van der Waals surface area contributed by atoms with Gasteiger partial charge in [0.15, 0.2) is 0 Å². The molecular formula is C14H20Cl2N2O7P+. The first-order valence-electron chi connectivity index (χ1n) is 7.48. The van der Waals surface area contributed by atoms with Crippen LogP contribution in [0.15, 0.2) is 24.3 Å². The third kappa shape index (κ3) is 5.16. The number of halogens is 2. The molecule has 26 heavy (non-hydrogen) atoms. The van der Waals surface area contributed by atoms with Crippen molar-refractivity contribution >= 4 is 42.6 Å². The molecule has 1 aromatic rings. The average molecular weight is 430 g/mol. The zero-order chi connectivity index (χ0) is 20.0. The van der Waals surface area contributed by atoms with Crippen molar-refractivity contribution in [2.75, 3.05) is 32.0 Å². The summed E-state index contributed by atoms with van der Waals surface area (Å²) in [4.78, 5) is 42.2. The third-order valence-electron chi connectivity index (χ3n) is 4.12. The highest BCUT2D eigenvalue weighted by atomic mass is 35.5. The molecule has 0 spiro atoms. The molecule has 1 atom stereocenters. The average Bonchev–Trinajstić information content (AvgIpc) is 2.58. The minimum Gasteiger partial charge on any atom is -0.469 e. The summed E-state index contributed by atoms with van der Waals surface area (Å²) in [5.74, 6) is -0.868. The maximum Gasteiger partial charge on any atom is 0.527 e. The number of hydrogen-bond acceptors (Lipinski definition) is 5. The van der Waals surface area contributed by atoms with Crippen LogP contribution >= 0.6 is 30.9 Å². The Bertz CT molecular complexity index is 674. The molecule has 0 aliphatic carbocycles. The van der Waals surface area contributed by atoms with Crippen LogP contribution in [0.25, 0.3) is 0 Å². The van der Waals surface area contributed by atoms with Gasteiger partial charge < -0.3 is 4.74 Å². The molecule has 1 aromatic carbocycles. The van der Waals surface area contributed by atoms with E-state index in [9.17, 15) is 29.3 Å². The van der Waals surface area contributed by atoms with Crippen LogP contribution < -0.4 is 0 Å². The fourth-order valence-electron chi connectivity index (χ4n) is 2.78. The van der Waals surface area contributed by atoms with Gasteiger partial charge in [0.05, 0.1) is 36.9 Å². The van der Waals surface area contributed by atoms with Crippen molar-refractivity contribution in [2.24, 2.45) is 0 Å². The highest BCUT2D eigenvalue weighted by Gasteiger charge is 2.52. The van der Waals surface area contributed by atoms with Gasteiger partial charge >= 0.3 is 13.7 Å². The zero-order valence-electron chi connectivity index (χ0n) is 14.0. The van der Waals surface area contributed by atoms with Gasteiger partial charge in [0.25, 0.3) is 5.69 Å². The largest absolute Gasteiger partial charge is 0.527 e. The second-order valence-electron chi connectivity index (χ2n) is 5.47. The molecule has 0 aliphatic heterocycles. The first-order valence-corrected chi connectivity index (χ1v) is 10.1. The van der Waals surface area contributed by atoms with Crippen LogP contribution in [0.1, 0.15) is 18.0 Å². The molecule has 0 saturated carbocycles.